The van der Waals surface area contributed by atoms with Crippen LogP contribution in [0.15, 0.2) is 6.08 Å². The number of hydrogen-bond acceptors (Lipinski definition) is 3. The summed E-state index contributed by atoms with van der Waals surface area (Å²) in [5.74, 6) is 2.58. The van der Waals surface area contributed by atoms with Crippen molar-refractivity contribution in [1.29, 1.82) is 0 Å². The summed E-state index contributed by atoms with van der Waals surface area (Å²) in [6.07, 6.45) is 6.17. The maximum absolute atomic E-state index is 11.2. The first-order chi connectivity index (χ1) is 7.26. The zero-order valence-corrected chi connectivity index (χ0v) is 9.20. The van der Waals surface area contributed by atoms with Crippen molar-refractivity contribution in [3.05, 3.63) is 6.08 Å². The molecule has 0 aromatic rings. The van der Waals surface area contributed by atoms with E-state index in [0.29, 0.717) is 24.9 Å². The first kappa shape index (κ1) is 12.0. The maximum atomic E-state index is 11.2. The Hall–Kier alpha value is -1.08. The van der Waals surface area contributed by atoms with Gasteiger partial charge >= 0.3 is 5.97 Å². The molecule has 1 aliphatic carbocycles. The van der Waals surface area contributed by atoms with Crippen molar-refractivity contribution in [2.45, 2.75) is 39.0 Å². The molecule has 1 rings (SSSR count). The van der Waals surface area contributed by atoms with Gasteiger partial charge in [-0.05, 0) is 44.4 Å². The Morgan fingerprint density at radius 3 is 2.60 bits per heavy atom. The van der Waals surface area contributed by atoms with Crippen molar-refractivity contribution in [2.24, 2.45) is 11.8 Å². The molecule has 0 heterocycles. The quantitative estimate of drug-likeness (QED) is 0.527. The molecule has 0 radical (unpaired) electrons. The molecule has 0 spiro atoms. The molecule has 1 saturated carbocycles. The second-order valence-corrected chi connectivity index (χ2v) is 4.07. The third-order valence-corrected chi connectivity index (χ3v) is 2.96. The number of hydrogen-bond donors (Lipinski definition) is 0. The highest BCUT2D eigenvalue weighted by molar-refractivity contribution is 5.69. The highest BCUT2D eigenvalue weighted by atomic mass is 16.5. The van der Waals surface area contributed by atoms with Crippen LogP contribution in [0.2, 0.25) is 0 Å². The van der Waals surface area contributed by atoms with Crippen LogP contribution in [0.1, 0.15) is 39.0 Å². The molecule has 0 atom stereocenters. The van der Waals surface area contributed by atoms with Gasteiger partial charge in [-0.15, -0.1) is 0 Å². The number of ether oxygens (including phenoxy) is 1. The van der Waals surface area contributed by atoms with E-state index in [1.54, 1.807) is 6.08 Å². The summed E-state index contributed by atoms with van der Waals surface area (Å²) in [5.41, 5.74) is 0. The van der Waals surface area contributed by atoms with E-state index in [2.05, 4.69) is 0 Å². The fourth-order valence-corrected chi connectivity index (χ4v) is 2.11. The molecule has 0 aromatic carbocycles. The van der Waals surface area contributed by atoms with E-state index in [9.17, 15) is 9.59 Å². The van der Waals surface area contributed by atoms with Gasteiger partial charge in [-0.3, -0.25) is 4.79 Å². The highest BCUT2D eigenvalue weighted by Crippen LogP contribution is 2.31. The molecule has 1 aliphatic rings. The summed E-state index contributed by atoms with van der Waals surface area (Å²) in [6, 6.07) is 0. The zero-order valence-electron chi connectivity index (χ0n) is 9.20. The average molecular weight is 210 g/mol. The van der Waals surface area contributed by atoms with Gasteiger partial charge in [-0.25, -0.2) is 4.79 Å². The van der Waals surface area contributed by atoms with Crippen LogP contribution in [0.4, 0.5) is 0 Å². The summed E-state index contributed by atoms with van der Waals surface area (Å²) < 4.78 is 4.91. The summed E-state index contributed by atoms with van der Waals surface area (Å²) in [7, 11) is 0. The van der Waals surface area contributed by atoms with E-state index in [4.69, 9.17) is 4.74 Å². The lowest BCUT2D eigenvalue weighted by Gasteiger charge is -2.25. The van der Waals surface area contributed by atoms with Crippen molar-refractivity contribution in [3.63, 3.8) is 0 Å². The van der Waals surface area contributed by atoms with E-state index < -0.39 is 0 Å². The molecule has 3 nitrogen and oxygen atoms in total. The lowest BCUT2D eigenvalue weighted by Crippen LogP contribution is -2.17. The highest BCUT2D eigenvalue weighted by Gasteiger charge is 2.22. The Morgan fingerprint density at radius 2 is 2.07 bits per heavy atom. The lowest BCUT2D eigenvalue weighted by atomic mass is 9.81. The molecule has 0 amide bonds. The minimum absolute atomic E-state index is 0.0909. The number of carbonyl (C=O) groups excluding carboxylic acids is 2. The van der Waals surface area contributed by atoms with Gasteiger partial charge in [-0.2, -0.15) is 0 Å². The minimum Gasteiger partial charge on any atom is -0.466 e. The van der Waals surface area contributed by atoms with Crippen LogP contribution in [0, 0.1) is 11.8 Å². The monoisotopic (exact) mass is 210 g/mol. The first-order valence-electron chi connectivity index (χ1n) is 5.62. The molecule has 0 bridgehead atoms. The third-order valence-electron chi connectivity index (χ3n) is 2.96. The van der Waals surface area contributed by atoms with Crippen molar-refractivity contribution in [2.75, 3.05) is 6.61 Å². The molecule has 84 valence electrons. The van der Waals surface area contributed by atoms with E-state index in [1.807, 2.05) is 12.9 Å². The zero-order chi connectivity index (χ0) is 11.1. The van der Waals surface area contributed by atoms with Crippen molar-refractivity contribution in [3.8, 4) is 0 Å². The Labute approximate surface area is 90.5 Å². The van der Waals surface area contributed by atoms with Gasteiger partial charge in [0, 0.05) is 12.5 Å². The fourth-order valence-electron chi connectivity index (χ4n) is 2.11. The number of esters is 1. The van der Waals surface area contributed by atoms with E-state index in [1.165, 1.54) is 0 Å². The van der Waals surface area contributed by atoms with Gasteiger partial charge < -0.3 is 4.74 Å². The van der Waals surface area contributed by atoms with Gasteiger partial charge in [-0.1, -0.05) is 0 Å². The van der Waals surface area contributed by atoms with Crippen LogP contribution in [-0.4, -0.2) is 18.5 Å². The molecule has 15 heavy (non-hydrogen) atoms. The van der Waals surface area contributed by atoms with Crippen LogP contribution in [0.3, 0.4) is 0 Å². The van der Waals surface area contributed by atoms with Gasteiger partial charge in [0.1, 0.15) is 5.94 Å². The molecule has 0 N–H and O–H groups in total. The second-order valence-electron chi connectivity index (χ2n) is 4.07. The third kappa shape index (κ3) is 4.30. The minimum atomic E-state index is -0.0909. The molecule has 0 unspecified atom stereocenters. The van der Waals surface area contributed by atoms with Crippen molar-refractivity contribution < 1.29 is 14.3 Å². The number of rotatable bonds is 4. The summed E-state index contributed by atoms with van der Waals surface area (Å²) in [4.78, 5) is 21.4. The number of allylic oxidation sites excluding steroid dienone is 1. The van der Waals surface area contributed by atoms with Gasteiger partial charge in [0.15, 0.2) is 0 Å². The Kier molecular flexibility index (Phi) is 5.13. The predicted octanol–water partition coefficient (Wildman–Crippen LogP) is 2.13. The van der Waals surface area contributed by atoms with Crippen LogP contribution in [-0.2, 0) is 14.3 Å². The van der Waals surface area contributed by atoms with E-state index >= 15 is 0 Å². The van der Waals surface area contributed by atoms with Crippen LogP contribution >= 0.6 is 0 Å². The Bertz CT molecular complexity index is 246. The lowest BCUT2D eigenvalue weighted by molar-refractivity contribution is -0.144. The Morgan fingerprint density at radius 1 is 1.40 bits per heavy atom. The predicted molar refractivity (Wildman–Crippen MR) is 57.0 cm³/mol. The molecule has 0 saturated heterocycles. The van der Waals surface area contributed by atoms with E-state index in [0.717, 1.165) is 25.7 Å². The van der Waals surface area contributed by atoms with Crippen molar-refractivity contribution in [1.82, 2.24) is 0 Å². The SMILES string of the molecule is CCOC(=O)CC1CCC(C=C=O)CC1. The smallest absolute Gasteiger partial charge is 0.306 e. The van der Waals surface area contributed by atoms with Crippen LogP contribution < -0.4 is 0 Å². The standard InChI is InChI=1S/C12H18O3/c1-2-15-12(14)9-11-5-3-10(4-6-11)7-8-13/h7,10-11H,2-6,9H2,1H3. The summed E-state index contributed by atoms with van der Waals surface area (Å²) in [5, 5.41) is 0. The Balaban J connectivity index is 2.25. The molecular formula is C12H18O3. The topological polar surface area (TPSA) is 43.4 Å². The first-order valence-corrected chi connectivity index (χ1v) is 5.62. The second kappa shape index (κ2) is 6.41. The molecular weight excluding hydrogens is 192 g/mol. The van der Waals surface area contributed by atoms with Gasteiger partial charge in [0.05, 0.1) is 6.61 Å². The normalized spacial score (nSPS) is 25.4. The molecule has 0 aromatic heterocycles. The largest absolute Gasteiger partial charge is 0.466 e. The van der Waals surface area contributed by atoms with Gasteiger partial charge in [0.25, 0.3) is 0 Å². The summed E-state index contributed by atoms with van der Waals surface area (Å²) >= 11 is 0. The van der Waals surface area contributed by atoms with Gasteiger partial charge in [0.2, 0.25) is 0 Å². The van der Waals surface area contributed by atoms with Crippen LogP contribution in [0.25, 0.3) is 0 Å². The fraction of sp³-hybridized carbons (Fsp3) is 0.750. The van der Waals surface area contributed by atoms with E-state index in [-0.39, 0.29) is 5.97 Å². The molecule has 0 aliphatic heterocycles. The van der Waals surface area contributed by atoms with Crippen LogP contribution in [0.5, 0.6) is 0 Å². The maximum Gasteiger partial charge on any atom is 0.306 e. The number of carbonyl (C=O) groups is 1. The molecule has 3 heteroatoms. The van der Waals surface area contributed by atoms with Crippen molar-refractivity contribution >= 4 is 11.9 Å². The average Bonchev–Trinajstić information content (AvgIpc) is 2.22. The molecule has 1 fully saturated rings. The summed E-state index contributed by atoms with van der Waals surface area (Å²) in [6.45, 7) is 2.28.